The van der Waals surface area contributed by atoms with Crippen LogP contribution >= 0.6 is 0 Å². The monoisotopic (exact) mass is 469 g/mol. The number of nitro groups is 1. The Hall–Kier alpha value is -3.00. The van der Waals surface area contributed by atoms with Gasteiger partial charge in [-0.1, -0.05) is 19.3 Å². The van der Waals surface area contributed by atoms with Crippen LogP contribution in [0.4, 0.5) is 5.69 Å². The molecule has 8 heteroatoms. The van der Waals surface area contributed by atoms with Gasteiger partial charge in [-0.05, 0) is 69.7 Å². The van der Waals surface area contributed by atoms with Crippen LogP contribution < -0.4 is 5.32 Å². The third-order valence-electron chi connectivity index (χ3n) is 6.25. The van der Waals surface area contributed by atoms with Crippen LogP contribution in [0, 0.1) is 16.0 Å². The summed E-state index contributed by atoms with van der Waals surface area (Å²) in [5.74, 6) is 0.0208. The highest BCUT2D eigenvalue weighted by Crippen LogP contribution is 2.35. The lowest BCUT2D eigenvalue weighted by atomic mass is 9.81. The lowest BCUT2D eigenvalue weighted by Crippen LogP contribution is -2.40. The summed E-state index contributed by atoms with van der Waals surface area (Å²) in [6.07, 6.45) is 9.92. The first-order valence-electron chi connectivity index (χ1n) is 12.0. The highest BCUT2D eigenvalue weighted by Gasteiger charge is 2.30. The van der Waals surface area contributed by atoms with Gasteiger partial charge in [0.15, 0.2) is 0 Å². The number of aromatic hydroxyl groups is 1. The van der Waals surface area contributed by atoms with Gasteiger partial charge in [0.25, 0.3) is 5.69 Å². The van der Waals surface area contributed by atoms with E-state index >= 15 is 0 Å². The Morgan fingerprint density at radius 2 is 1.88 bits per heavy atom. The Morgan fingerprint density at radius 3 is 2.47 bits per heavy atom. The summed E-state index contributed by atoms with van der Waals surface area (Å²) >= 11 is 0. The Kier molecular flexibility index (Phi) is 8.61. The standard InChI is InChI=1S/C26H35N3O5/c1-26(2,3)34-24(31)12-11-22(18-7-5-4-6-8-18)28-25(19-13-15-27-16-14-19)21-10-9-20(29(32)33)17-23(21)30/h9-10,13-18,22,25,28,30H,4-8,11-12H2,1-3H3. The number of ether oxygens (including phenoxy) is 1. The van der Waals surface area contributed by atoms with Crippen molar-refractivity contribution in [3.63, 3.8) is 0 Å². The SMILES string of the molecule is CC(C)(C)OC(=O)CCC(NC(c1ccncc1)c1ccc([N+](=O)[O-])cc1O)C1CCCCC1. The van der Waals surface area contributed by atoms with Crippen molar-refractivity contribution in [2.45, 2.75) is 83.4 Å². The number of carbonyl (C=O) groups excluding carboxylic acids is 1. The van der Waals surface area contributed by atoms with Gasteiger partial charge in [0.05, 0.1) is 17.0 Å². The minimum Gasteiger partial charge on any atom is -0.507 e. The molecule has 3 rings (SSSR count). The number of hydrogen-bond donors (Lipinski definition) is 2. The number of pyridine rings is 1. The van der Waals surface area contributed by atoms with Crippen molar-refractivity contribution in [2.75, 3.05) is 0 Å². The summed E-state index contributed by atoms with van der Waals surface area (Å²) in [6.45, 7) is 5.58. The van der Waals surface area contributed by atoms with Gasteiger partial charge >= 0.3 is 5.97 Å². The number of benzene rings is 1. The van der Waals surface area contributed by atoms with E-state index in [9.17, 15) is 20.0 Å². The molecule has 1 heterocycles. The molecule has 0 spiro atoms. The molecule has 0 amide bonds. The van der Waals surface area contributed by atoms with Crippen LogP contribution in [0.2, 0.25) is 0 Å². The summed E-state index contributed by atoms with van der Waals surface area (Å²) in [7, 11) is 0. The van der Waals surface area contributed by atoms with Crippen LogP contribution in [0.5, 0.6) is 5.75 Å². The molecule has 34 heavy (non-hydrogen) atoms. The van der Waals surface area contributed by atoms with Gasteiger partial charge in [-0.2, -0.15) is 0 Å². The number of non-ortho nitro benzene ring substituents is 1. The number of aromatic nitrogens is 1. The second kappa shape index (κ2) is 11.4. The molecule has 1 fully saturated rings. The Morgan fingerprint density at radius 1 is 1.21 bits per heavy atom. The third kappa shape index (κ3) is 7.25. The number of phenols is 1. The van der Waals surface area contributed by atoms with Crippen LogP contribution in [0.1, 0.15) is 82.9 Å². The van der Waals surface area contributed by atoms with Crippen LogP contribution in [-0.4, -0.2) is 32.6 Å². The van der Waals surface area contributed by atoms with E-state index in [0.29, 0.717) is 24.3 Å². The van der Waals surface area contributed by atoms with Crippen molar-refractivity contribution in [1.29, 1.82) is 0 Å². The van der Waals surface area contributed by atoms with Crippen LogP contribution in [0.15, 0.2) is 42.7 Å². The molecule has 0 bridgehead atoms. The van der Waals surface area contributed by atoms with Crippen LogP contribution in [-0.2, 0) is 9.53 Å². The molecule has 2 unspecified atom stereocenters. The summed E-state index contributed by atoms with van der Waals surface area (Å²) in [5, 5.41) is 25.6. The Balaban J connectivity index is 1.89. The summed E-state index contributed by atoms with van der Waals surface area (Å²) < 4.78 is 5.53. The van der Waals surface area contributed by atoms with Gasteiger partial charge in [-0.3, -0.25) is 19.9 Å². The first-order chi connectivity index (χ1) is 16.1. The maximum atomic E-state index is 12.5. The first-order valence-corrected chi connectivity index (χ1v) is 12.0. The smallest absolute Gasteiger partial charge is 0.306 e. The van der Waals surface area contributed by atoms with E-state index in [-0.39, 0.29) is 23.4 Å². The lowest BCUT2D eigenvalue weighted by molar-refractivity contribution is -0.384. The third-order valence-corrected chi connectivity index (χ3v) is 6.25. The van der Waals surface area contributed by atoms with E-state index in [4.69, 9.17) is 4.74 Å². The average molecular weight is 470 g/mol. The van der Waals surface area contributed by atoms with Gasteiger partial charge in [0.2, 0.25) is 0 Å². The highest BCUT2D eigenvalue weighted by atomic mass is 16.6. The molecule has 2 N–H and O–H groups in total. The molecular weight excluding hydrogens is 434 g/mol. The predicted molar refractivity (Wildman–Crippen MR) is 129 cm³/mol. The average Bonchev–Trinajstić information content (AvgIpc) is 2.79. The molecule has 2 atom stereocenters. The van der Waals surface area contributed by atoms with Gasteiger partial charge in [-0.15, -0.1) is 0 Å². The molecule has 2 aromatic rings. The van der Waals surface area contributed by atoms with Gasteiger partial charge < -0.3 is 15.2 Å². The normalized spacial score (nSPS) is 16.6. The van der Waals surface area contributed by atoms with Gasteiger partial charge in [0, 0.05) is 36.5 Å². The van der Waals surface area contributed by atoms with Crippen molar-refractivity contribution in [3.8, 4) is 5.75 Å². The number of nitrogens with one attached hydrogen (secondary N) is 1. The van der Waals surface area contributed by atoms with Crippen LogP contribution in [0.3, 0.4) is 0 Å². The number of carbonyl (C=O) groups is 1. The summed E-state index contributed by atoms with van der Waals surface area (Å²) in [6, 6.07) is 7.52. The second-order valence-corrected chi connectivity index (χ2v) is 10.0. The molecule has 1 saturated carbocycles. The molecule has 8 nitrogen and oxygen atoms in total. The second-order valence-electron chi connectivity index (χ2n) is 10.0. The van der Waals surface area contributed by atoms with E-state index in [0.717, 1.165) is 31.2 Å². The minimum absolute atomic E-state index is 0.0144. The quantitative estimate of drug-likeness (QED) is 0.285. The van der Waals surface area contributed by atoms with Crippen molar-refractivity contribution in [2.24, 2.45) is 5.92 Å². The number of rotatable bonds is 9. The lowest BCUT2D eigenvalue weighted by Gasteiger charge is -2.35. The number of hydrogen-bond acceptors (Lipinski definition) is 7. The molecular formula is C26H35N3O5. The molecule has 1 aromatic heterocycles. The van der Waals surface area contributed by atoms with E-state index < -0.39 is 16.6 Å². The molecule has 1 aliphatic rings. The number of phenolic OH excluding ortho intramolecular Hbond substituents is 1. The molecule has 1 aromatic carbocycles. The fourth-order valence-electron chi connectivity index (χ4n) is 4.68. The summed E-state index contributed by atoms with van der Waals surface area (Å²) in [4.78, 5) is 27.2. The molecule has 0 saturated heterocycles. The van der Waals surface area contributed by atoms with E-state index in [1.807, 2.05) is 32.9 Å². The van der Waals surface area contributed by atoms with Crippen molar-refractivity contribution in [1.82, 2.24) is 10.3 Å². The summed E-state index contributed by atoms with van der Waals surface area (Å²) in [5.41, 5.74) is 0.741. The fourth-order valence-corrected chi connectivity index (χ4v) is 4.68. The molecule has 0 radical (unpaired) electrons. The van der Waals surface area contributed by atoms with Gasteiger partial charge in [0.1, 0.15) is 11.4 Å². The largest absolute Gasteiger partial charge is 0.507 e. The predicted octanol–water partition coefficient (Wildman–Crippen LogP) is 5.45. The topological polar surface area (TPSA) is 115 Å². The Bertz CT molecular complexity index is 968. The number of nitro benzene ring substituents is 1. The van der Waals surface area contributed by atoms with E-state index in [1.165, 1.54) is 18.6 Å². The zero-order valence-corrected chi connectivity index (χ0v) is 20.2. The number of esters is 1. The first kappa shape index (κ1) is 25.6. The number of nitrogens with zero attached hydrogens (tertiary/aromatic N) is 2. The zero-order valence-electron chi connectivity index (χ0n) is 20.2. The fraction of sp³-hybridized carbons (Fsp3) is 0.538. The zero-order chi connectivity index (χ0) is 24.7. The molecule has 0 aliphatic heterocycles. The maximum absolute atomic E-state index is 12.5. The maximum Gasteiger partial charge on any atom is 0.306 e. The van der Waals surface area contributed by atoms with E-state index in [2.05, 4.69) is 10.3 Å². The Labute approximate surface area is 200 Å². The minimum atomic E-state index is -0.533. The van der Waals surface area contributed by atoms with Crippen LogP contribution in [0.25, 0.3) is 0 Å². The van der Waals surface area contributed by atoms with Crippen molar-refractivity contribution >= 4 is 11.7 Å². The van der Waals surface area contributed by atoms with Crippen molar-refractivity contribution < 1.29 is 19.6 Å². The molecule has 184 valence electrons. The van der Waals surface area contributed by atoms with Gasteiger partial charge in [-0.25, -0.2) is 0 Å². The highest BCUT2D eigenvalue weighted by molar-refractivity contribution is 5.69. The van der Waals surface area contributed by atoms with E-state index in [1.54, 1.807) is 18.5 Å². The molecule has 1 aliphatic carbocycles. The van der Waals surface area contributed by atoms with Crippen molar-refractivity contribution in [3.05, 3.63) is 64.0 Å².